The van der Waals surface area contributed by atoms with Crippen molar-refractivity contribution >= 4 is 21.4 Å². The van der Waals surface area contributed by atoms with Gasteiger partial charge in [-0.2, -0.15) is 0 Å². The molecule has 0 aromatic heterocycles. The molecule has 3 aliphatic rings. The number of non-ortho nitro benzene ring substituents is 1. The zero-order valence-electron chi connectivity index (χ0n) is 20.6. The fourth-order valence-corrected chi connectivity index (χ4v) is 7.67. The van der Waals surface area contributed by atoms with Crippen LogP contribution in [0.4, 0.5) is 11.4 Å². The highest BCUT2D eigenvalue weighted by molar-refractivity contribution is 7.92. The molecule has 0 spiro atoms. The molecule has 2 saturated carbocycles. The van der Waals surface area contributed by atoms with Crippen molar-refractivity contribution in [2.75, 3.05) is 17.8 Å². The number of hydrogen-bond acceptors (Lipinski definition) is 5. The predicted octanol–water partition coefficient (Wildman–Crippen LogP) is 5.64. The van der Waals surface area contributed by atoms with Gasteiger partial charge in [0.05, 0.1) is 9.82 Å². The summed E-state index contributed by atoms with van der Waals surface area (Å²) >= 11 is 0. The number of nitrogens with zero attached hydrogens (tertiary/aromatic N) is 2. The van der Waals surface area contributed by atoms with Crippen LogP contribution < -0.4 is 4.72 Å². The Morgan fingerprint density at radius 3 is 2.51 bits per heavy atom. The molecule has 1 saturated heterocycles. The van der Waals surface area contributed by atoms with Crippen molar-refractivity contribution in [1.82, 2.24) is 4.90 Å². The van der Waals surface area contributed by atoms with Crippen LogP contribution in [-0.4, -0.2) is 37.4 Å². The smallest absolute Gasteiger partial charge is 0.269 e. The highest BCUT2D eigenvalue weighted by Crippen LogP contribution is 2.53. The van der Waals surface area contributed by atoms with E-state index in [1.165, 1.54) is 74.0 Å². The van der Waals surface area contributed by atoms with Gasteiger partial charge in [-0.1, -0.05) is 18.9 Å². The molecule has 0 amide bonds. The standard InChI is InChI=1S/C27H35N3O4S/c1-19-6-9-22(28-35(33,34)24-12-10-23(11-13-24)30(31)32)17-26(19)27-14-4-3-5-25(27)20(2)29(16-15-27)18-21-7-8-21/h6,9-13,17,20-21,25,28H,3-5,7-8,14-16,18H2,1-2H3. The van der Waals surface area contributed by atoms with Crippen LogP contribution in [0, 0.1) is 28.9 Å². The number of nitrogens with one attached hydrogen (secondary N) is 1. The summed E-state index contributed by atoms with van der Waals surface area (Å²) in [6.07, 6.45) is 8.71. The van der Waals surface area contributed by atoms with E-state index in [-0.39, 0.29) is 16.0 Å². The van der Waals surface area contributed by atoms with Crippen molar-refractivity contribution in [2.45, 2.75) is 75.1 Å². The lowest BCUT2D eigenvalue weighted by Crippen LogP contribution is -2.56. The zero-order valence-corrected chi connectivity index (χ0v) is 21.4. The van der Waals surface area contributed by atoms with Gasteiger partial charge in [0.15, 0.2) is 0 Å². The van der Waals surface area contributed by atoms with Gasteiger partial charge >= 0.3 is 0 Å². The Morgan fingerprint density at radius 2 is 1.83 bits per heavy atom. The molecule has 7 nitrogen and oxygen atoms in total. The first kappa shape index (κ1) is 24.3. The van der Waals surface area contributed by atoms with Gasteiger partial charge in [0.2, 0.25) is 0 Å². The largest absolute Gasteiger partial charge is 0.300 e. The molecular weight excluding hydrogens is 462 g/mol. The fourth-order valence-electron chi connectivity index (χ4n) is 6.62. The van der Waals surface area contributed by atoms with Gasteiger partial charge in [-0.25, -0.2) is 8.42 Å². The first-order valence-corrected chi connectivity index (χ1v) is 14.3. The molecule has 2 aromatic rings. The molecule has 0 bridgehead atoms. The summed E-state index contributed by atoms with van der Waals surface area (Å²) in [5.74, 6) is 1.46. The molecule has 3 atom stereocenters. The van der Waals surface area contributed by atoms with Crippen molar-refractivity contribution in [3.63, 3.8) is 0 Å². The van der Waals surface area contributed by atoms with Crippen molar-refractivity contribution in [2.24, 2.45) is 11.8 Å². The van der Waals surface area contributed by atoms with Crippen LogP contribution in [-0.2, 0) is 15.4 Å². The molecule has 3 fully saturated rings. The van der Waals surface area contributed by atoms with E-state index in [2.05, 4.69) is 29.5 Å². The number of sulfonamides is 1. The van der Waals surface area contributed by atoms with Gasteiger partial charge in [0.25, 0.3) is 15.7 Å². The third kappa shape index (κ3) is 4.70. The lowest BCUT2D eigenvalue weighted by atomic mass is 9.56. The van der Waals surface area contributed by atoms with Crippen molar-refractivity contribution in [3.8, 4) is 0 Å². The fraction of sp³-hybridized carbons (Fsp3) is 0.556. The number of piperidine rings is 1. The summed E-state index contributed by atoms with van der Waals surface area (Å²) in [6, 6.07) is 11.4. The summed E-state index contributed by atoms with van der Waals surface area (Å²) < 4.78 is 28.8. The predicted molar refractivity (Wildman–Crippen MR) is 137 cm³/mol. The van der Waals surface area contributed by atoms with Gasteiger partial charge < -0.3 is 4.90 Å². The number of anilines is 1. The molecule has 5 rings (SSSR count). The molecule has 1 aliphatic heterocycles. The van der Waals surface area contributed by atoms with Crippen LogP contribution in [0.25, 0.3) is 0 Å². The van der Waals surface area contributed by atoms with E-state index in [1.807, 2.05) is 12.1 Å². The summed E-state index contributed by atoms with van der Waals surface area (Å²) in [5.41, 5.74) is 3.00. The van der Waals surface area contributed by atoms with Gasteiger partial charge in [0, 0.05) is 35.8 Å². The van der Waals surface area contributed by atoms with E-state index in [9.17, 15) is 18.5 Å². The summed E-state index contributed by atoms with van der Waals surface area (Å²) in [6.45, 7) is 6.88. The molecule has 8 heteroatoms. The van der Waals surface area contributed by atoms with E-state index in [0.29, 0.717) is 17.6 Å². The van der Waals surface area contributed by atoms with Gasteiger partial charge in [-0.15, -0.1) is 0 Å². The second-order valence-corrected chi connectivity index (χ2v) is 12.5. The van der Waals surface area contributed by atoms with E-state index in [1.54, 1.807) is 0 Å². The third-order valence-electron chi connectivity index (χ3n) is 8.67. The van der Waals surface area contributed by atoms with Gasteiger partial charge in [-0.3, -0.25) is 14.8 Å². The number of nitro benzene ring substituents is 1. The molecule has 188 valence electrons. The zero-order chi connectivity index (χ0) is 24.8. The Kier molecular flexibility index (Phi) is 6.38. The van der Waals surface area contributed by atoms with Crippen molar-refractivity contribution in [1.29, 1.82) is 0 Å². The number of nitro groups is 1. The summed E-state index contributed by atoms with van der Waals surface area (Å²) in [5, 5.41) is 10.9. The third-order valence-corrected chi connectivity index (χ3v) is 10.1. The van der Waals surface area contributed by atoms with E-state index in [4.69, 9.17) is 0 Å². The van der Waals surface area contributed by atoms with Crippen LogP contribution in [0.15, 0.2) is 47.4 Å². The minimum Gasteiger partial charge on any atom is -0.300 e. The average molecular weight is 498 g/mol. The monoisotopic (exact) mass is 497 g/mol. The number of likely N-dealkylation sites (tertiary alicyclic amines) is 1. The Bertz CT molecular complexity index is 1210. The number of benzene rings is 2. The SMILES string of the molecule is Cc1ccc(NS(=O)(=O)c2ccc([N+](=O)[O-])cc2)cc1C12CCCCC1C(C)N(CC1CC1)CC2. The Morgan fingerprint density at radius 1 is 1.09 bits per heavy atom. The van der Waals surface area contributed by atoms with Crippen molar-refractivity contribution < 1.29 is 13.3 Å². The maximum Gasteiger partial charge on any atom is 0.269 e. The molecule has 1 heterocycles. The maximum absolute atomic E-state index is 13.1. The minimum atomic E-state index is -3.85. The van der Waals surface area contributed by atoms with Crippen LogP contribution in [0.5, 0.6) is 0 Å². The van der Waals surface area contributed by atoms with E-state index < -0.39 is 14.9 Å². The number of hydrogen-bond donors (Lipinski definition) is 1. The van der Waals surface area contributed by atoms with Gasteiger partial charge in [-0.05, 0) is 99.7 Å². The summed E-state index contributed by atoms with van der Waals surface area (Å²) in [4.78, 5) is 13.1. The summed E-state index contributed by atoms with van der Waals surface area (Å²) in [7, 11) is -3.85. The molecule has 3 unspecified atom stereocenters. The topological polar surface area (TPSA) is 92.5 Å². The highest BCUT2D eigenvalue weighted by Gasteiger charge is 2.50. The lowest BCUT2D eigenvalue weighted by Gasteiger charge is -2.55. The van der Waals surface area contributed by atoms with Crippen molar-refractivity contribution in [3.05, 3.63) is 63.7 Å². The number of rotatable bonds is 7. The molecule has 2 aromatic carbocycles. The average Bonchev–Trinajstić information content (AvgIpc) is 3.66. The first-order valence-electron chi connectivity index (χ1n) is 12.8. The van der Waals surface area contributed by atoms with Crippen LogP contribution in [0.3, 0.4) is 0 Å². The maximum atomic E-state index is 13.1. The quantitative estimate of drug-likeness (QED) is 0.395. The Balaban J connectivity index is 1.43. The van der Waals surface area contributed by atoms with E-state index >= 15 is 0 Å². The van der Waals surface area contributed by atoms with Crippen LogP contribution in [0.2, 0.25) is 0 Å². The highest BCUT2D eigenvalue weighted by atomic mass is 32.2. The molecule has 2 aliphatic carbocycles. The second kappa shape index (κ2) is 9.21. The molecule has 35 heavy (non-hydrogen) atoms. The van der Waals surface area contributed by atoms with Crippen LogP contribution in [0.1, 0.15) is 63.0 Å². The molecule has 0 radical (unpaired) electrons. The van der Waals surface area contributed by atoms with Crippen LogP contribution >= 0.6 is 0 Å². The normalized spacial score (nSPS) is 27.3. The molecule has 1 N–H and O–H groups in total. The van der Waals surface area contributed by atoms with Gasteiger partial charge in [0.1, 0.15) is 0 Å². The molecular formula is C27H35N3O4S. The number of aryl methyl sites for hydroxylation is 1. The van der Waals surface area contributed by atoms with E-state index in [0.717, 1.165) is 25.3 Å². The minimum absolute atomic E-state index is 0.0148. The Hall–Kier alpha value is -2.45. The first-order chi connectivity index (χ1) is 16.7. The lowest BCUT2D eigenvalue weighted by molar-refractivity contribution is -0.384. The Labute approximate surface area is 208 Å². The number of fused-ring (bicyclic) bond motifs is 1. The second-order valence-electron chi connectivity index (χ2n) is 10.8.